The van der Waals surface area contributed by atoms with E-state index in [0.717, 1.165) is 44.9 Å². The topological polar surface area (TPSA) is 34.6 Å². The summed E-state index contributed by atoms with van der Waals surface area (Å²) in [6.07, 6.45) is 0. The van der Waals surface area contributed by atoms with Gasteiger partial charge in [-0.25, -0.2) is 4.85 Å². The second-order valence-corrected chi connectivity index (χ2v) is 29.1. The quantitative estimate of drug-likeness (QED) is 0.0777. The smallest absolute Gasteiger partial charge is 0.187 e. The van der Waals surface area contributed by atoms with E-state index < -0.39 is 0 Å². The molecule has 22 aromatic carbocycles. The van der Waals surface area contributed by atoms with Crippen molar-refractivity contribution in [1.29, 1.82) is 5.26 Å². The number of rotatable bonds is 10. The van der Waals surface area contributed by atoms with E-state index in [4.69, 9.17) is 6.57 Å². The van der Waals surface area contributed by atoms with E-state index in [1.165, 1.54) is 152 Å². The Morgan fingerprint density at radius 1 is 0.219 bits per heavy atom. The van der Waals surface area contributed by atoms with Crippen molar-refractivity contribution >= 4 is 158 Å². The largest absolute Gasteiger partial charge is 0.310 e. The second kappa shape index (κ2) is 29.2. The lowest BCUT2D eigenvalue weighted by atomic mass is 9.84. The molecule has 0 amide bonds. The Kier molecular flexibility index (Phi) is 17.4. The predicted octanol–water partition coefficient (Wildman–Crippen LogP) is 31.2. The van der Waals surface area contributed by atoms with E-state index in [9.17, 15) is 5.26 Å². The summed E-state index contributed by atoms with van der Waals surface area (Å²) in [6.45, 7) is 7.45. The van der Waals surface area contributed by atoms with Crippen LogP contribution in [0.2, 0.25) is 0 Å². The highest BCUT2D eigenvalue weighted by Gasteiger charge is 2.25. The van der Waals surface area contributed by atoms with Gasteiger partial charge in [-0.3, -0.25) is 0 Å². The molecule has 114 heavy (non-hydrogen) atoms. The first-order chi connectivity index (χ1) is 56.5. The van der Waals surface area contributed by atoms with Crippen LogP contribution < -0.4 is 9.80 Å². The summed E-state index contributed by atoms with van der Waals surface area (Å²) in [5.74, 6) is 0. The standard InChI is InChI=1S/C42H26N4.2C34H22/c1-44-32-18-22-36(23-19-32)46(34-10-6-3-7-11-34)40-27-17-31-14-24-37-39(26-16-30-15-25-38(40)42(31)41(30)37)45(33-8-4-2-5-9-33)35-20-12-29(28-43)13-21-35;1-3-15-25-23(11-1)13-9-21-27(25)33-29-17-5-7-19-31(29)34(32-20-8-6-18-30(32)33)28-22-10-14-24-12-2-4-16-26(24)28;1-3-11-25-21-27(19-17-23(25)9-1)33-29-13-5-7-15-31(29)34(32-16-8-6-14-30(32)33)28-20-18-24-10-2-4-12-26(24)22-28/h2-27H;2*1-22H. The highest BCUT2D eigenvalue weighted by atomic mass is 15.1. The fourth-order valence-corrected chi connectivity index (χ4v) is 17.6. The zero-order valence-electron chi connectivity index (χ0n) is 62.2. The molecule has 22 rings (SSSR count). The number of anilines is 6. The lowest BCUT2D eigenvalue weighted by Crippen LogP contribution is -2.11. The van der Waals surface area contributed by atoms with Gasteiger partial charge in [-0.15, -0.1) is 0 Å². The zero-order chi connectivity index (χ0) is 76.0. The normalized spacial score (nSPS) is 11.3. The van der Waals surface area contributed by atoms with Crippen LogP contribution >= 0.6 is 0 Å². The van der Waals surface area contributed by atoms with Crippen LogP contribution in [0.1, 0.15) is 5.56 Å². The minimum Gasteiger partial charge on any atom is -0.310 e. The van der Waals surface area contributed by atoms with Gasteiger partial charge in [0.25, 0.3) is 0 Å². The third kappa shape index (κ3) is 12.0. The Bertz CT molecular complexity index is 6990. The van der Waals surface area contributed by atoms with Gasteiger partial charge in [0, 0.05) is 33.5 Å². The summed E-state index contributed by atoms with van der Waals surface area (Å²) in [5, 5.41) is 37.1. The lowest BCUT2D eigenvalue weighted by Gasteiger charge is -2.29. The number of hydrogen-bond donors (Lipinski definition) is 0. The van der Waals surface area contributed by atoms with Gasteiger partial charge in [0.05, 0.1) is 29.6 Å². The Balaban J connectivity index is 0.000000113. The monoisotopic (exact) mass is 1450 g/mol. The molecule has 22 aromatic rings. The number of nitrogens with zero attached hydrogens (tertiary/aromatic N) is 4. The molecular formula is C110H70N4. The molecule has 0 radical (unpaired) electrons. The van der Waals surface area contributed by atoms with Crippen molar-refractivity contribution in [3.8, 4) is 50.6 Å². The molecule has 0 aromatic heterocycles. The van der Waals surface area contributed by atoms with E-state index >= 15 is 0 Å². The molecule has 0 heterocycles. The lowest BCUT2D eigenvalue weighted by molar-refractivity contribution is 1.29. The molecule has 0 aliphatic carbocycles. The third-order valence-corrected chi connectivity index (χ3v) is 22.7. The predicted molar refractivity (Wildman–Crippen MR) is 485 cm³/mol. The van der Waals surface area contributed by atoms with Gasteiger partial charge >= 0.3 is 0 Å². The van der Waals surface area contributed by atoms with E-state index in [1.807, 2.05) is 60.7 Å². The molecule has 0 unspecified atom stereocenters. The first-order valence-electron chi connectivity index (χ1n) is 38.7. The number of hydrogen-bond acceptors (Lipinski definition) is 3. The van der Waals surface area contributed by atoms with Crippen LogP contribution in [0.3, 0.4) is 0 Å². The summed E-state index contributed by atoms with van der Waals surface area (Å²) < 4.78 is 0. The number of para-hydroxylation sites is 2. The van der Waals surface area contributed by atoms with Crippen molar-refractivity contribution in [1.82, 2.24) is 0 Å². The van der Waals surface area contributed by atoms with Crippen LogP contribution in [0.25, 0.3) is 168 Å². The van der Waals surface area contributed by atoms with Gasteiger partial charge < -0.3 is 9.80 Å². The zero-order valence-corrected chi connectivity index (χ0v) is 62.2. The van der Waals surface area contributed by atoms with Crippen molar-refractivity contribution in [2.24, 2.45) is 0 Å². The van der Waals surface area contributed by atoms with Crippen molar-refractivity contribution < 1.29 is 0 Å². The maximum Gasteiger partial charge on any atom is 0.187 e. The Hall–Kier alpha value is -15.5. The van der Waals surface area contributed by atoms with Gasteiger partial charge in [0.1, 0.15) is 0 Å². The molecule has 0 bridgehead atoms. The second-order valence-electron chi connectivity index (χ2n) is 29.1. The molecule has 0 aliphatic rings. The van der Waals surface area contributed by atoms with Crippen LogP contribution in [0, 0.1) is 17.9 Å². The van der Waals surface area contributed by atoms with Crippen molar-refractivity contribution in [2.45, 2.75) is 0 Å². The minimum atomic E-state index is 0.616. The van der Waals surface area contributed by atoms with Gasteiger partial charge in [0.2, 0.25) is 0 Å². The molecule has 0 N–H and O–H groups in total. The molecule has 4 heteroatoms. The average molecular weight is 1450 g/mol. The molecule has 0 saturated carbocycles. The molecule has 0 fully saturated rings. The van der Waals surface area contributed by atoms with Crippen molar-refractivity contribution in [3.63, 3.8) is 0 Å². The molecule has 0 spiro atoms. The fourth-order valence-electron chi connectivity index (χ4n) is 17.6. The number of fused-ring (bicyclic) bond motifs is 8. The van der Waals surface area contributed by atoms with Crippen LogP contribution in [-0.2, 0) is 0 Å². The van der Waals surface area contributed by atoms with E-state index in [0.29, 0.717) is 11.3 Å². The van der Waals surface area contributed by atoms with Crippen LogP contribution in [0.4, 0.5) is 39.8 Å². The Labute approximate surface area is 661 Å². The SMILES string of the molecule is [C-]#[N+]c1ccc(N(c2ccccc2)c2ccc3ccc4c(N(c5ccccc5)c5ccc(C#N)cc5)ccc5ccc2c3c54)cc1.c1ccc2c(-c3c4ccccc4c(-c4cccc5ccccc45)c4ccccc34)cccc2c1.c1ccc2cc(-c3c4ccccc4c(-c4ccc5ccccc5c4)c4ccccc34)ccc2c1. The van der Waals surface area contributed by atoms with Crippen molar-refractivity contribution in [3.05, 3.63) is 442 Å². The summed E-state index contributed by atoms with van der Waals surface area (Å²) in [7, 11) is 0. The van der Waals surface area contributed by atoms with Crippen molar-refractivity contribution in [2.75, 3.05) is 9.80 Å². The fraction of sp³-hybridized carbons (Fsp3) is 0. The molecule has 0 saturated heterocycles. The average Bonchev–Trinajstić information content (AvgIpc) is 0.759. The highest BCUT2D eigenvalue weighted by molar-refractivity contribution is 6.29. The number of nitriles is 1. The molecular weight excluding hydrogens is 1380 g/mol. The summed E-state index contributed by atoms with van der Waals surface area (Å²) in [6, 6.07) is 153. The summed E-state index contributed by atoms with van der Waals surface area (Å²) in [5.41, 5.74) is 17.8. The van der Waals surface area contributed by atoms with E-state index in [2.05, 4.69) is 385 Å². The minimum absolute atomic E-state index is 0.616. The number of benzene rings is 22. The maximum atomic E-state index is 9.45. The van der Waals surface area contributed by atoms with Crippen LogP contribution in [-0.4, -0.2) is 0 Å². The summed E-state index contributed by atoms with van der Waals surface area (Å²) >= 11 is 0. The van der Waals surface area contributed by atoms with Gasteiger partial charge in [-0.05, 0) is 237 Å². The first kappa shape index (κ1) is 67.9. The maximum absolute atomic E-state index is 9.45. The van der Waals surface area contributed by atoms with Crippen LogP contribution in [0.5, 0.6) is 0 Å². The van der Waals surface area contributed by atoms with Crippen LogP contribution in [0.15, 0.2) is 425 Å². The molecule has 4 nitrogen and oxygen atoms in total. The van der Waals surface area contributed by atoms with E-state index in [-0.39, 0.29) is 0 Å². The van der Waals surface area contributed by atoms with Gasteiger partial charge in [0.15, 0.2) is 5.69 Å². The Morgan fingerprint density at radius 3 is 0.895 bits per heavy atom. The van der Waals surface area contributed by atoms with Gasteiger partial charge in [-0.2, -0.15) is 5.26 Å². The highest BCUT2D eigenvalue weighted by Crippen LogP contribution is 2.51. The first-order valence-corrected chi connectivity index (χ1v) is 38.7. The Morgan fingerprint density at radius 2 is 0.518 bits per heavy atom. The molecule has 530 valence electrons. The third-order valence-electron chi connectivity index (χ3n) is 22.7. The molecule has 0 aliphatic heterocycles. The summed E-state index contributed by atoms with van der Waals surface area (Å²) in [4.78, 5) is 8.15. The van der Waals surface area contributed by atoms with E-state index in [1.54, 1.807) is 0 Å². The van der Waals surface area contributed by atoms with Gasteiger partial charge in [-0.1, -0.05) is 340 Å². The molecule has 0 atom stereocenters.